The first-order chi connectivity index (χ1) is 20.9. The number of carboxylic acids is 1. The quantitative estimate of drug-likeness (QED) is 0.220. The third kappa shape index (κ3) is 6.59. The minimum absolute atomic E-state index is 0.0141. The Hall–Kier alpha value is -4.32. The number of ether oxygens (including phenoxy) is 2. The number of amides is 1. The molecule has 1 heterocycles. The lowest BCUT2D eigenvalue weighted by Gasteiger charge is -2.35. The number of carboxylic acid groups (broad SMARTS) is 1. The van der Waals surface area contributed by atoms with Crippen LogP contribution in [-0.4, -0.2) is 40.3 Å². The number of benzene rings is 4. The van der Waals surface area contributed by atoms with Gasteiger partial charge in [0.25, 0.3) is 0 Å². The summed E-state index contributed by atoms with van der Waals surface area (Å²) >= 11 is 0. The van der Waals surface area contributed by atoms with Gasteiger partial charge in [-0.1, -0.05) is 72.8 Å². The van der Waals surface area contributed by atoms with Crippen LogP contribution in [0, 0.1) is 13.8 Å². The summed E-state index contributed by atoms with van der Waals surface area (Å²) in [6.45, 7) is 12.0. The molecule has 0 fully saturated rings. The lowest BCUT2D eigenvalue weighted by molar-refractivity contribution is 0.0162. The van der Waals surface area contributed by atoms with Crippen LogP contribution in [0.15, 0.2) is 78.9 Å². The van der Waals surface area contributed by atoms with Crippen molar-refractivity contribution in [2.24, 2.45) is 0 Å². The van der Waals surface area contributed by atoms with E-state index in [2.05, 4.69) is 43.3 Å². The second-order valence-corrected chi connectivity index (χ2v) is 12.9. The Bertz CT molecular complexity index is 1660. The summed E-state index contributed by atoms with van der Waals surface area (Å²) < 4.78 is 12.4. The minimum atomic E-state index is -0.902. The lowest BCUT2D eigenvalue weighted by Crippen LogP contribution is -2.39. The Morgan fingerprint density at radius 2 is 1.66 bits per heavy atom. The summed E-state index contributed by atoms with van der Waals surface area (Å²) in [5.41, 5.74) is 4.51. The van der Waals surface area contributed by atoms with Crippen LogP contribution >= 0.6 is 0 Å². The highest BCUT2D eigenvalue weighted by Gasteiger charge is 2.32. The van der Waals surface area contributed by atoms with Crippen LogP contribution in [0.3, 0.4) is 0 Å². The molecular formula is C38H43NO5. The number of hydrogen-bond donors (Lipinski definition) is 1. The molecule has 4 aromatic rings. The monoisotopic (exact) mass is 593 g/mol. The van der Waals surface area contributed by atoms with Crippen molar-refractivity contribution in [2.45, 2.75) is 84.5 Å². The average molecular weight is 594 g/mol. The molecule has 1 amide bonds. The van der Waals surface area contributed by atoms with E-state index in [4.69, 9.17) is 9.47 Å². The first-order valence-electron chi connectivity index (χ1n) is 15.5. The van der Waals surface area contributed by atoms with Gasteiger partial charge in [0.2, 0.25) is 0 Å². The van der Waals surface area contributed by atoms with Crippen molar-refractivity contribution in [3.8, 4) is 5.75 Å². The smallest absolute Gasteiger partial charge is 0.410 e. The normalized spacial score (nSPS) is 17.0. The van der Waals surface area contributed by atoms with E-state index < -0.39 is 11.6 Å². The maximum atomic E-state index is 13.6. The van der Waals surface area contributed by atoms with E-state index in [1.165, 1.54) is 0 Å². The highest BCUT2D eigenvalue weighted by molar-refractivity contribution is 5.91. The van der Waals surface area contributed by atoms with E-state index in [1.54, 1.807) is 0 Å². The van der Waals surface area contributed by atoms with Crippen molar-refractivity contribution in [3.63, 3.8) is 0 Å². The summed E-state index contributed by atoms with van der Waals surface area (Å²) in [5.74, 6) is -0.0553. The molecule has 0 saturated heterocycles. The van der Waals surface area contributed by atoms with Crippen molar-refractivity contribution < 1.29 is 24.2 Å². The average Bonchev–Trinajstić information content (AvgIpc) is 2.97. The van der Waals surface area contributed by atoms with Gasteiger partial charge in [0.1, 0.15) is 11.4 Å². The van der Waals surface area contributed by atoms with E-state index in [9.17, 15) is 14.7 Å². The Labute approximate surface area is 260 Å². The molecular weight excluding hydrogens is 550 g/mol. The second kappa shape index (κ2) is 12.7. The van der Waals surface area contributed by atoms with E-state index in [0.29, 0.717) is 12.1 Å². The molecule has 3 atom stereocenters. The van der Waals surface area contributed by atoms with Gasteiger partial charge in [0.05, 0.1) is 17.7 Å². The summed E-state index contributed by atoms with van der Waals surface area (Å²) in [7, 11) is 0. The summed E-state index contributed by atoms with van der Waals surface area (Å²) in [4.78, 5) is 27.5. The molecule has 6 heteroatoms. The van der Waals surface area contributed by atoms with E-state index in [1.807, 2.05) is 82.0 Å². The van der Waals surface area contributed by atoms with Gasteiger partial charge in [0.15, 0.2) is 0 Å². The predicted molar refractivity (Wildman–Crippen MR) is 175 cm³/mol. The molecule has 0 spiro atoms. The number of carbonyl (C=O) groups excluding carboxylic acids is 1. The van der Waals surface area contributed by atoms with Crippen LogP contribution < -0.4 is 4.74 Å². The predicted octanol–water partition coefficient (Wildman–Crippen LogP) is 9.22. The number of nitrogens with zero attached hydrogens (tertiary/aromatic N) is 1. The van der Waals surface area contributed by atoms with Gasteiger partial charge in [-0.15, -0.1) is 0 Å². The lowest BCUT2D eigenvalue weighted by atomic mass is 9.80. The Morgan fingerprint density at radius 1 is 0.955 bits per heavy atom. The number of fused-ring (bicyclic) bond motifs is 2. The van der Waals surface area contributed by atoms with Crippen LogP contribution in [0.4, 0.5) is 4.79 Å². The van der Waals surface area contributed by atoms with Gasteiger partial charge in [0, 0.05) is 18.0 Å². The topological polar surface area (TPSA) is 76.1 Å². The number of carbonyl (C=O) groups is 2. The molecule has 44 heavy (non-hydrogen) atoms. The Balaban J connectivity index is 1.38. The molecule has 6 nitrogen and oxygen atoms in total. The minimum Gasteiger partial charge on any atom is -0.490 e. The molecule has 0 aliphatic carbocycles. The third-order valence-corrected chi connectivity index (χ3v) is 8.69. The molecule has 0 radical (unpaired) electrons. The maximum absolute atomic E-state index is 13.6. The number of hydrogen-bond acceptors (Lipinski definition) is 4. The summed E-state index contributed by atoms with van der Waals surface area (Å²) in [6, 6.07) is 26.3. The van der Waals surface area contributed by atoms with Crippen LogP contribution in [0.1, 0.15) is 97.1 Å². The van der Waals surface area contributed by atoms with Crippen molar-refractivity contribution in [3.05, 3.63) is 112 Å². The Kier molecular flexibility index (Phi) is 9.00. The highest BCUT2D eigenvalue weighted by atomic mass is 16.6. The Morgan fingerprint density at radius 3 is 2.41 bits per heavy atom. The van der Waals surface area contributed by atoms with Crippen molar-refractivity contribution in [2.75, 3.05) is 6.54 Å². The van der Waals surface area contributed by atoms with Gasteiger partial charge in [-0.05, 0) is 99.9 Å². The van der Waals surface area contributed by atoms with E-state index in [-0.39, 0.29) is 24.2 Å². The third-order valence-electron chi connectivity index (χ3n) is 8.69. The van der Waals surface area contributed by atoms with Crippen LogP contribution in [0.5, 0.6) is 5.75 Å². The van der Waals surface area contributed by atoms with E-state index >= 15 is 0 Å². The van der Waals surface area contributed by atoms with Gasteiger partial charge < -0.3 is 19.5 Å². The number of aromatic carboxylic acids is 1. The molecule has 0 saturated carbocycles. The molecule has 230 valence electrons. The van der Waals surface area contributed by atoms with Crippen LogP contribution in [0.2, 0.25) is 0 Å². The summed E-state index contributed by atoms with van der Waals surface area (Å²) in [6.07, 6.45) is 1.77. The summed E-state index contributed by atoms with van der Waals surface area (Å²) in [5, 5.41) is 12.2. The highest BCUT2D eigenvalue weighted by Crippen LogP contribution is 2.43. The second-order valence-electron chi connectivity index (χ2n) is 12.9. The zero-order chi connectivity index (χ0) is 31.6. The maximum Gasteiger partial charge on any atom is 0.410 e. The molecule has 4 aromatic carbocycles. The molecule has 0 aromatic heterocycles. The number of para-hydroxylation sites is 1. The van der Waals surface area contributed by atoms with Gasteiger partial charge >= 0.3 is 12.1 Å². The fourth-order valence-corrected chi connectivity index (χ4v) is 6.57. The van der Waals surface area contributed by atoms with E-state index in [0.717, 1.165) is 63.6 Å². The first kappa shape index (κ1) is 31.1. The zero-order valence-corrected chi connectivity index (χ0v) is 26.6. The van der Waals surface area contributed by atoms with Crippen LogP contribution in [-0.2, 0) is 4.74 Å². The molecule has 1 aliphatic rings. The molecule has 5 rings (SSSR count). The zero-order valence-electron chi connectivity index (χ0n) is 26.6. The molecule has 0 bridgehead atoms. The molecule has 0 unspecified atom stereocenters. The van der Waals surface area contributed by atoms with Gasteiger partial charge in [-0.3, -0.25) is 0 Å². The van der Waals surface area contributed by atoms with Crippen molar-refractivity contribution in [1.82, 2.24) is 4.90 Å². The van der Waals surface area contributed by atoms with Crippen molar-refractivity contribution >= 4 is 22.8 Å². The van der Waals surface area contributed by atoms with Gasteiger partial charge in [-0.25, -0.2) is 9.59 Å². The van der Waals surface area contributed by atoms with Crippen LogP contribution in [0.25, 0.3) is 10.8 Å². The SMILES string of the molecule is Cc1ccc([C@H]2C[C@@H](CCCN(C(=O)OC(C)(C)C)[C@H](C)c3cccc4ccccc34)Oc3ccccc32)c(C)c1C(=O)O. The molecule has 1 N–H and O–H groups in total. The fraction of sp³-hybridized carbons (Fsp3) is 0.368. The standard InChI is InChI=1S/C38H43NO5/c1-24-20-21-29(25(2)35(24)36(40)41)33-23-28(43-34-19-10-9-17-32(33)34)15-12-22-39(37(42)44-38(4,5)6)26(3)30-18-11-14-27-13-7-8-16-31(27)30/h7-11,13-14,16-21,26,28,33H,12,15,22-23H2,1-6H3,(H,40,41)/t26-,28-,33-/m1/s1. The first-order valence-corrected chi connectivity index (χ1v) is 15.5. The van der Waals surface area contributed by atoms with Gasteiger partial charge in [-0.2, -0.15) is 0 Å². The number of rotatable bonds is 8. The molecule has 1 aliphatic heterocycles. The fourth-order valence-electron chi connectivity index (χ4n) is 6.57. The van der Waals surface area contributed by atoms with Crippen molar-refractivity contribution in [1.29, 1.82) is 0 Å². The number of aryl methyl sites for hydroxylation is 1. The largest absolute Gasteiger partial charge is 0.490 e.